The van der Waals surface area contributed by atoms with Gasteiger partial charge in [0, 0.05) is 49.6 Å². The number of benzene rings is 10. The van der Waals surface area contributed by atoms with Crippen LogP contribution in [-0.4, -0.2) is 0 Å². The van der Waals surface area contributed by atoms with Crippen LogP contribution in [0, 0.1) is 0 Å². The summed E-state index contributed by atoms with van der Waals surface area (Å²) < 4.78 is 30.5. The van der Waals surface area contributed by atoms with Crippen LogP contribution < -0.4 is 25.6 Å². The first kappa shape index (κ1) is 38.1. The second-order valence-electron chi connectivity index (χ2n) is 17.8. The number of anilines is 3. The summed E-state index contributed by atoms with van der Waals surface area (Å²) in [6, 6.07) is 85.5. The van der Waals surface area contributed by atoms with Crippen LogP contribution in [0.1, 0.15) is 44.5 Å². The van der Waals surface area contributed by atoms with Crippen LogP contribution in [0.5, 0.6) is 11.5 Å². The Morgan fingerprint density at radius 1 is 0.373 bits per heavy atom. The van der Waals surface area contributed by atoms with Crippen LogP contribution >= 0.6 is 7.14 Å². The zero-order valence-electron chi connectivity index (χ0n) is 36.2. The van der Waals surface area contributed by atoms with Gasteiger partial charge < -0.3 is 18.6 Å². The Kier molecular flexibility index (Phi) is 8.06. The van der Waals surface area contributed by atoms with E-state index in [1.54, 1.807) is 0 Å². The van der Waals surface area contributed by atoms with Crippen LogP contribution in [0.4, 0.5) is 17.1 Å². The molecule has 1 spiro atoms. The van der Waals surface area contributed by atoms with Crippen LogP contribution in [0.15, 0.2) is 247 Å². The van der Waals surface area contributed by atoms with E-state index in [1.165, 1.54) is 22.3 Å². The minimum absolute atomic E-state index is 0.593. The fourth-order valence-corrected chi connectivity index (χ4v) is 15.2. The maximum Gasteiger partial charge on any atom is 0.171 e. The monoisotopic (exact) mass is 877 g/mol. The van der Waals surface area contributed by atoms with E-state index < -0.39 is 18.0 Å². The molecule has 10 aromatic carbocycles. The topological polar surface area (TPSA) is 42.7 Å². The van der Waals surface area contributed by atoms with Gasteiger partial charge in [0.1, 0.15) is 22.7 Å². The highest BCUT2D eigenvalue weighted by molar-refractivity contribution is 7.85. The van der Waals surface area contributed by atoms with E-state index in [-0.39, 0.29) is 0 Å². The molecule has 0 N–H and O–H groups in total. The predicted octanol–water partition coefficient (Wildman–Crippen LogP) is 14.2. The Balaban J connectivity index is 1.06. The molecular formula is C62H40NO3P. The van der Waals surface area contributed by atoms with Crippen molar-refractivity contribution in [3.05, 3.63) is 287 Å². The van der Waals surface area contributed by atoms with Gasteiger partial charge in [0.25, 0.3) is 0 Å². The molecule has 2 atom stereocenters. The molecule has 316 valence electrons. The molecule has 0 saturated heterocycles. The van der Waals surface area contributed by atoms with Gasteiger partial charge in [0.2, 0.25) is 0 Å². The summed E-state index contributed by atoms with van der Waals surface area (Å²) in [5.41, 5.74) is 11.9. The molecular weight excluding hydrogens is 838 g/mol. The second kappa shape index (κ2) is 14.2. The zero-order valence-corrected chi connectivity index (χ0v) is 37.1. The van der Waals surface area contributed by atoms with E-state index >= 15 is 4.57 Å². The first-order valence-corrected chi connectivity index (χ1v) is 24.6. The normalized spacial score (nSPS) is 18.2. The third-order valence-corrected chi connectivity index (χ3v) is 17.8. The highest BCUT2D eigenvalue weighted by Crippen LogP contribution is 2.64. The lowest BCUT2D eigenvalue weighted by atomic mass is 9.62. The van der Waals surface area contributed by atoms with Crippen LogP contribution in [0.2, 0.25) is 0 Å². The van der Waals surface area contributed by atoms with Crippen molar-refractivity contribution in [1.82, 2.24) is 0 Å². The first-order valence-electron chi connectivity index (χ1n) is 22.9. The lowest BCUT2D eigenvalue weighted by molar-refractivity contribution is 0.435. The van der Waals surface area contributed by atoms with E-state index in [9.17, 15) is 0 Å². The molecule has 0 amide bonds. The molecule has 67 heavy (non-hydrogen) atoms. The Bertz CT molecular complexity index is 3750. The van der Waals surface area contributed by atoms with E-state index in [0.29, 0.717) is 5.58 Å². The van der Waals surface area contributed by atoms with Crippen LogP contribution in [0.3, 0.4) is 0 Å². The van der Waals surface area contributed by atoms with Gasteiger partial charge in [-0.2, -0.15) is 0 Å². The number of hydrogen-bond acceptors (Lipinski definition) is 4. The molecule has 3 aliphatic heterocycles. The molecule has 5 heteroatoms. The summed E-state index contributed by atoms with van der Waals surface area (Å²) in [6.07, 6.45) is 0. The average Bonchev–Trinajstić information content (AvgIpc) is 3.77. The smallest absolute Gasteiger partial charge is 0.171 e. The van der Waals surface area contributed by atoms with Crippen molar-refractivity contribution in [2.75, 3.05) is 4.90 Å². The number of rotatable bonds is 4. The number of ether oxygens (including phenoxy) is 1. The average molecular weight is 878 g/mol. The maximum absolute atomic E-state index is 16.7. The van der Waals surface area contributed by atoms with Gasteiger partial charge in [-0.15, -0.1) is 0 Å². The molecule has 14 rings (SSSR count). The number of furan rings is 1. The molecule has 3 aliphatic rings. The van der Waals surface area contributed by atoms with Crippen molar-refractivity contribution >= 4 is 62.1 Å². The Labute approximate surface area is 388 Å². The van der Waals surface area contributed by atoms with Crippen LogP contribution in [0.25, 0.3) is 21.9 Å². The summed E-state index contributed by atoms with van der Waals surface area (Å²) >= 11 is 0. The Morgan fingerprint density at radius 2 is 0.925 bits per heavy atom. The summed E-state index contributed by atoms with van der Waals surface area (Å²) in [7, 11) is -3.49. The van der Waals surface area contributed by atoms with Crippen LogP contribution in [-0.2, 0) is 15.4 Å². The van der Waals surface area contributed by atoms with Gasteiger partial charge in [-0.05, 0) is 75.8 Å². The molecule has 2 unspecified atom stereocenters. The number of nitrogens with zero attached hydrogens (tertiary/aromatic N) is 1. The third kappa shape index (κ3) is 5.00. The van der Waals surface area contributed by atoms with Crippen molar-refractivity contribution < 1.29 is 13.7 Å². The van der Waals surface area contributed by atoms with Gasteiger partial charge in [-0.3, -0.25) is 0 Å². The van der Waals surface area contributed by atoms with Crippen molar-refractivity contribution in [1.29, 1.82) is 0 Å². The lowest BCUT2D eigenvalue weighted by Crippen LogP contribution is -2.48. The molecule has 0 bridgehead atoms. The van der Waals surface area contributed by atoms with E-state index in [2.05, 4.69) is 193 Å². The summed E-state index contributed by atoms with van der Waals surface area (Å²) in [5.74, 6) is 1.50. The fraction of sp³-hybridized carbons (Fsp3) is 0.0323. The first-order chi connectivity index (χ1) is 33.1. The second-order valence-corrected chi connectivity index (χ2v) is 20.5. The molecule has 4 heterocycles. The maximum atomic E-state index is 16.7. The summed E-state index contributed by atoms with van der Waals surface area (Å²) in [4.78, 5) is 2.40. The number of para-hydroxylation sites is 4. The summed E-state index contributed by atoms with van der Waals surface area (Å²) in [5, 5.41) is 4.37. The van der Waals surface area contributed by atoms with Crippen molar-refractivity contribution in [3.8, 4) is 11.5 Å². The quantitative estimate of drug-likeness (QED) is 0.165. The SMILES string of the molecule is O=P1(c2ccccc2)c2ccccc2C2(c3ccccc3Oc3cc(N4c5ccccc5C(c5ccccc5)(c5ccccc5)c5ccccc54)ccc32)c2cc3c(cc21)oc1ccccc13. The third-order valence-electron chi connectivity index (χ3n) is 14.7. The molecule has 0 saturated carbocycles. The van der Waals surface area contributed by atoms with Gasteiger partial charge in [-0.1, -0.05) is 194 Å². The van der Waals surface area contributed by atoms with E-state index in [1.807, 2.05) is 54.6 Å². The molecule has 4 nitrogen and oxygen atoms in total. The fourth-order valence-electron chi connectivity index (χ4n) is 12.0. The Hall–Kier alpha value is -8.17. The minimum atomic E-state index is -3.49. The largest absolute Gasteiger partial charge is 0.457 e. The van der Waals surface area contributed by atoms with Gasteiger partial charge in [0.15, 0.2) is 7.14 Å². The molecule has 0 aliphatic carbocycles. The minimum Gasteiger partial charge on any atom is -0.457 e. The highest BCUT2D eigenvalue weighted by Gasteiger charge is 2.55. The van der Waals surface area contributed by atoms with Gasteiger partial charge in [0.05, 0.1) is 22.2 Å². The van der Waals surface area contributed by atoms with Gasteiger partial charge >= 0.3 is 0 Å². The van der Waals surface area contributed by atoms with Crippen molar-refractivity contribution in [3.63, 3.8) is 0 Å². The summed E-state index contributed by atoms with van der Waals surface area (Å²) in [6.45, 7) is 0. The van der Waals surface area contributed by atoms with Crippen molar-refractivity contribution in [2.24, 2.45) is 0 Å². The standard InChI is InChI=1S/C62H40NO3P/c64-67(44-24-8-3-9-25-44)59-35-19-14-30-51(59)62(52-39-46-45-26-10-17-33-55(45)65-57(46)40-60(52)67)49-29-13-18-34-56(49)66-58-38-43(36-37-50(58)62)63-53-31-15-11-27-47(53)61(41-20-4-1-5-21-41,42-22-6-2-7-23-42)48-28-12-16-32-54(48)63/h1-40H. The molecule has 11 aromatic rings. The number of hydrogen-bond donors (Lipinski definition) is 0. The number of fused-ring (bicyclic) bond motifs is 13. The zero-order chi connectivity index (χ0) is 44.3. The molecule has 1 aromatic heterocycles. The highest BCUT2D eigenvalue weighted by atomic mass is 31.2. The Morgan fingerprint density at radius 3 is 1.63 bits per heavy atom. The van der Waals surface area contributed by atoms with E-state index in [4.69, 9.17) is 9.15 Å². The molecule has 0 fully saturated rings. The lowest BCUT2D eigenvalue weighted by Gasteiger charge is -2.48. The van der Waals surface area contributed by atoms with Crippen molar-refractivity contribution in [2.45, 2.75) is 10.8 Å². The van der Waals surface area contributed by atoms with E-state index in [0.717, 1.165) is 83.1 Å². The predicted molar refractivity (Wildman–Crippen MR) is 272 cm³/mol. The van der Waals surface area contributed by atoms with Gasteiger partial charge in [-0.25, -0.2) is 0 Å². The molecule has 0 radical (unpaired) electrons.